The highest BCUT2D eigenvalue weighted by Gasteiger charge is 2.38. The van der Waals surface area contributed by atoms with E-state index in [1.807, 2.05) is 0 Å². The molecular formula is C18H16. The van der Waals surface area contributed by atoms with Gasteiger partial charge in [-0.15, -0.1) is 0 Å². The molecular weight excluding hydrogens is 216 g/mol. The maximum Gasteiger partial charge on any atom is 0.0201 e. The molecule has 2 atom stereocenters. The first-order chi connectivity index (χ1) is 8.88. The molecule has 0 aromatic carbocycles. The lowest BCUT2D eigenvalue weighted by Crippen LogP contribution is -2.30. The largest absolute Gasteiger partial charge is 0.0617 e. The van der Waals surface area contributed by atoms with Gasteiger partial charge in [0.2, 0.25) is 0 Å². The average molecular weight is 232 g/mol. The van der Waals surface area contributed by atoms with Gasteiger partial charge in [-0.2, -0.15) is 0 Å². The summed E-state index contributed by atoms with van der Waals surface area (Å²) in [6, 6.07) is 0. The van der Waals surface area contributed by atoms with Crippen molar-refractivity contribution < 1.29 is 0 Å². The van der Waals surface area contributed by atoms with Crippen LogP contribution < -0.4 is 0 Å². The van der Waals surface area contributed by atoms with Gasteiger partial charge in [0.25, 0.3) is 0 Å². The molecule has 0 aliphatic heterocycles. The molecule has 0 bridgehead atoms. The fourth-order valence-electron chi connectivity index (χ4n) is 3.62. The molecule has 0 saturated heterocycles. The maximum absolute atomic E-state index is 2.41. The zero-order valence-electron chi connectivity index (χ0n) is 10.6. The molecule has 0 aromatic heterocycles. The van der Waals surface area contributed by atoms with Crippen molar-refractivity contribution in [3.05, 3.63) is 82.5 Å². The van der Waals surface area contributed by atoms with Crippen LogP contribution in [-0.4, -0.2) is 0 Å². The Labute approximate surface area is 108 Å². The van der Waals surface area contributed by atoms with Crippen LogP contribution in [0.25, 0.3) is 0 Å². The van der Waals surface area contributed by atoms with Crippen LogP contribution in [0.2, 0.25) is 0 Å². The number of rotatable bonds is 1. The first-order valence-electron chi connectivity index (χ1n) is 6.77. The Morgan fingerprint density at radius 1 is 0.833 bits per heavy atom. The van der Waals surface area contributed by atoms with E-state index in [2.05, 4.69) is 61.6 Å². The molecule has 0 fully saturated rings. The predicted octanol–water partition coefficient (Wildman–Crippen LogP) is 4.43. The van der Waals surface area contributed by atoms with Crippen LogP contribution in [0.15, 0.2) is 82.5 Å². The molecule has 0 aromatic rings. The first kappa shape index (κ1) is 10.1. The third-order valence-corrected chi connectivity index (χ3v) is 4.45. The second-order valence-electron chi connectivity index (χ2n) is 5.32. The van der Waals surface area contributed by atoms with Crippen LogP contribution in [0.4, 0.5) is 0 Å². The molecule has 0 saturated carbocycles. The summed E-state index contributed by atoms with van der Waals surface area (Å²) in [5.74, 6) is 1.12. The summed E-state index contributed by atoms with van der Waals surface area (Å²) >= 11 is 0. The van der Waals surface area contributed by atoms with E-state index in [1.165, 1.54) is 27.9 Å². The van der Waals surface area contributed by atoms with Gasteiger partial charge in [-0.3, -0.25) is 0 Å². The molecule has 4 aliphatic carbocycles. The van der Waals surface area contributed by atoms with Gasteiger partial charge in [0.05, 0.1) is 0 Å². The van der Waals surface area contributed by atoms with Crippen molar-refractivity contribution in [3.63, 3.8) is 0 Å². The number of allylic oxidation sites excluding steroid dienone is 14. The van der Waals surface area contributed by atoms with Gasteiger partial charge in [-0.1, -0.05) is 61.6 Å². The smallest absolute Gasteiger partial charge is 0.0201 e. The Kier molecular flexibility index (Phi) is 2.02. The summed E-state index contributed by atoms with van der Waals surface area (Å²) in [6.45, 7) is 2.26. The summed E-state index contributed by atoms with van der Waals surface area (Å²) in [5.41, 5.74) is 7.47. The van der Waals surface area contributed by atoms with Gasteiger partial charge in [-0.25, -0.2) is 0 Å². The molecule has 0 radical (unpaired) electrons. The van der Waals surface area contributed by atoms with Crippen molar-refractivity contribution in [2.45, 2.75) is 13.3 Å². The van der Waals surface area contributed by atoms with Gasteiger partial charge in [0, 0.05) is 11.8 Å². The molecule has 0 heteroatoms. The Bertz CT molecular complexity index is 627. The molecule has 0 spiro atoms. The Morgan fingerprint density at radius 3 is 2.33 bits per heavy atom. The molecule has 18 heavy (non-hydrogen) atoms. The monoisotopic (exact) mass is 232 g/mol. The highest BCUT2D eigenvalue weighted by molar-refractivity contribution is 5.62. The van der Waals surface area contributed by atoms with Gasteiger partial charge in [-0.05, 0) is 34.3 Å². The van der Waals surface area contributed by atoms with Gasteiger partial charge in [0.15, 0.2) is 0 Å². The topological polar surface area (TPSA) is 0 Å². The minimum atomic E-state index is 0.557. The zero-order valence-corrected chi connectivity index (χ0v) is 10.6. The lowest BCUT2D eigenvalue weighted by molar-refractivity contribution is 0.552. The van der Waals surface area contributed by atoms with E-state index in [4.69, 9.17) is 0 Å². The Hall–Kier alpha value is -1.82. The summed E-state index contributed by atoms with van der Waals surface area (Å²) in [5, 5.41) is 0. The maximum atomic E-state index is 2.41. The van der Waals surface area contributed by atoms with Crippen LogP contribution in [0.5, 0.6) is 0 Å². The van der Waals surface area contributed by atoms with E-state index < -0.39 is 0 Å². The van der Waals surface area contributed by atoms with E-state index in [1.54, 1.807) is 0 Å². The zero-order chi connectivity index (χ0) is 12.1. The fraction of sp³-hybridized carbons (Fsp3) is 0.222. The summed E-state index contributed by atoms with van der Waals surface area (Å²) < 4.78 is 0. The minimum absolute atomic E-state index is 0.557. The van der Waals surface area contributed by atoms with E-state index >= 15 is 0 Å². The van der Waals surface area contributed by atoms with Crippen molar-refractivity contribution in [1.29, 1.82) is 0 Å². The van der Waals surface area contributed by atoms with Gasteiger partial charge in [0.1, 0.15) is 0 Å². The normalized spacial score (nSPS) is 30.8. The standard InChI is InChI=1S/C18H16/c1-2-12-11-15-7-3-5-13-9-10-14-6-4-8-16(12)18(14)17(13)15/h3-11,17-18H,2H2,1H3. The average Bonchev–Trinajstić information content (AvgIpc) is 2.44. The molecule has 4 aliphatic rings. The van der Waals surface area contributed by atoms with Crippen LogP contribution in [0.1, 0.15) is 13.3 Å². The third kappa shape index (κ3) is 1.21. The third-order valence-electron chi connectivity index (χ3n) is 4.45. The number of hydrogen-bond acceptors (Lipinski definition) is 0. The second kappa shape index (κ2) is 3.58. The molecule has 0 N–H and O–H groups in total. The van der Waals surface area contributed by atoms with Gasteiger partial charge >= 0.3 is 0 Å². The van der Waals surface area contributed by atoms with Crippen molar-refractivity contribution in [1.82, 2.24) is 0 Å². The highest BCUT2D eigenvalue weighted by atomic mass is 14.4. The fourth-order valence-corrected chi connectivity index (χ4v) is 3.62. The lowest BCUT2D eigenvalue weighted by Gasteiger charge is -2.41. The first-order valence-corrected chi connectivity index (χ1v) is 6.77. The molecule has 88 valence electrons. The van der Waals surface area contributed by atoms with Crippen LogP contribution in [0.3, 0.4) is 0 Å². The molecule has 0 nitrogen and oxygen atoms in total. The molecule has 4 rings (SSSR count). The van der Waals surface area contributed by atoms with Crippen LogP contribution in [0, 0.1) is 11.8 Å². The number of hydrogen-bond donors (Lipinski definition) is 0. The quantitative estimate of drug-likeness (QED) is 0.627. The lowest BCUT2D eigenvalue weighted by atomic mass is 9.62. The molecule has 0 heterocycles. The van der Waals surface area contributed by atoms with Crippen LogP contribution in [-0.2, 0) is 0 Å². The van der Waals surface area contributed by atoms with Crippen molar-refractivity contribution in [2.24, 2.45) is 11.8 Å². The van der Waals surface area contributed by atoms with Crippen molar-refractivity contribution in [3.8, 4) is 0 Å². The van der Waals surface area contributed by atoms with E-state index in [9.17, 15) is 0 Å². The molecule has 0 amide bonds. The minimum Gasteiger partial charge on any atom is -0.0617 e. The van der Waals surface area contributed by atoms with E-state index in [-0.39, 0.29) is 0 Å². The Balaban J connectivity index is 2.00. The SMILES string of the molecule is CCC1=CC2=CC=CC3=CC=C4C=CC=C1C4C32. The summed E-state index contributed by atoms with van der Waals surface area (Å²) in [4.78, 5) is 0. The van der Waals surface area contributed by atoms with E-state index in [0.717, 1.165) is 6.42 Å². The van der Waals surface area contributed by atoms with Crippen molar-refractivity contribution >= 4 is 0 Å². The van der Waals surface area contributed by atoms with E-state index in [0.29, 0.717) is 11.8 Å². The summed E-state index contributed by atoms with van der Waals surface area (Å²) in [6.07, 6.45) is 21.6. The van der Waals surface area contributed by atoms with Crippen molar-refractivity contribution in [2.75, 3.05) is 0 Å². The predicted molar refractivity (Wildman–Crippen MR) is 76.0 cm³/mol. The summed E-state index contributed by atoms with van der Waals surface area (Å²) in [7, 11) is 0. The van der Waals surface area contributed by atoms with Crippen LogP contribution >= 0.6 is 0 Å². The second-order valence-corrected chi connectivity index (χ2v) is 5.32. The highest BCUT2D eigenvalue weighted by Crippen LogP contribution is 2.50. The van der Waals surface area contributed by atoms with Gasteiger partial charge < -0.3 is 0 Å². The molecule has 2 unspecified atom stereocenters. The Morgan fingerprint density at radius 2 is 1.56 bits per heavy atom.